The second-order valence-electron chi connectivity index (χ2n) is 12.4. The predicted molar refractivity (Wildman–Crippen MR) is 224 cm³/mol. The summed E-state index contributed by atoms with van der Waals surface area (Å²) in [7, 11) is 0. The van der Waals surface area contributed by atoms with E-state index in [1.165, 1.54) is 0 Å². The molecular weight excluding hydrogens is 938 g/mol. The van der Waals surface area contributed by atoms with Crippen molar-refractivity contribution in [3.63, 3.8) is 0 Å². The number of nitrogens with zero attached hydrogens (tertiary/aromatic N) is 2. The number of halogens is 6. The Kier molecular flexibility index (Phi) is 11.4. The zero-order chi connectivity index (χ0) is 37.1. The molecule has 0 saturated carbocycles. The highest BCUT2D eigenvalue weighted by Crippen LogP contribution is 2.36. The minimum Gasteiger partial charge on any atom is -0.487 e. The summed E-state index contributed by atoms with van der Waals surface area (Å²) in [6.07, 6.45) is 0. The zero-order valence-electron chi connectivity index (χ0n) is 27.9. The van der Waals surface area contributed by atoms with Crippen LogP contribution in [0.5, 0.6) is 11.5 Å². The number of alkyl halides is 2. The van der Waals surface area contributed by atoms with E-state index in [2.05, 4.69) is 80.4 Å². The monoisotopic (exact) mass is 964 g/mol. The largest absolute Gasteiger partial charge is 0.487 e. The van der Waals surface area contributed by atoms with Crippen LogP contribution in [0.1, 0.15) is 0 Å². The van der Waals surface area contributed by atoms with Crippen LogP contribution in [0.3, 0.4) is 0 Å². The van der Waals surface area contributed by atoms with Crippen LogP contribution < -0.4 is 9.47 Å². The highest BCUT2D eigenvalue weighted by molar-refractivity contribution is 9.11. The Hall–Kier alpha value is -4.03. The van der Waals surface area contributed by atoms with Crippen molar-refractivity contribution in [3.05, 3.63) is 151 Å². The molecule has 0 aliphatic carbocycles. The molecule has 6 aromatic carbocycles. The van der Waals surface area contributed by atoms with Gasteiger partial charge in [0.2, 0.25) is 0 Å². The summed E-state index contributed by atoms with van der Waals surface area (Å²) >= 11 is 14.0. The fourth-order valence-electron chi connectivity index (χ4n) is 6.32. The fourth-order valence-corrected chi connectivity index (χ4v) is 7.77. The smallest absolute Gasteiger partial charge is 0.298 e. The Morgan fingerprint density at radius 3 is 1.32 bits per heavy atom. The lowest BCUT2D eigenvalue weighted by molar-refractivity contribution is -0.121. The molecule has 0 atom stereocenters. The Labute approximate surface area is 338 Å². The quantitative estimate of drug-likeness (QED) is 0.137. The molecule has 268 valence electrons. The van der Waals surface area contributed by atoms with Crippen molar-refractivity contribution < 1.29 is 23.0 Å². The number of hydrogen-bond donors (Lipinski definition) is 0. The van der Waals surface area contributed by atoms with Crippen molar-refractivity contribution in [1.29, 1.82) is 0 Å². The molecule has 2 aromatic heterocycles. The number of carbonyl (C=O) groups excluding carboxylic acids is 1. The van der Waals surface area contributed by atoms with Gasteiger partial charge in [0.05, 0.1) is 13.1 Å². The average Bonchev–Trinajstić information content (AvgIpc) is 3.60. The van der Waals surface area contributed by atoms with Gasteiger partial charge in [-0.3, -0.25) is 4.79 Å². The summed E-state index contributed by atoms with van der Waals surface area (Å²) in [6.45, 7) is -0.803. The normalized spacial score (nSPS) is 11.6. The third-order valence-electron chi connectivity index (χ3n) is 8.64. The Morgan fingerprint density at radius 1 is 0.528 bits per heavy atom. The maximum Gasteiger partial charge on any atom is 0.298 e. The molecule has 0 N–H and O–H groups in total. The van der Waals surface area contributed by atoms with Crippen LogP contribution in [-0.2, 0) is 17.9 Å². The molecule has 0 unspecified atom stereocenters. The van der Waals surface area contributed by atoms with Crippen molar-refractivity contribution in [2.75, 3.05) is 13.2 Å². The molecule has 53 heavy (non-hydrogen) atoms. The van der Waals surface area contributed by atoms with Gasteiger partial charge in [0.25, 0.3) is 5.92 Å². The van der Waals surface area contributed by atoms with Gasteiger partial charge in [0, 0.05) is 61.5 Å². The summed E-state index contributed by atoms with van der Waals surface area (Å²) in [5.41, 5.74) is 3.61. The van der Waals surface area contributed by atoms with Crippen molar-refractivity contribution in [1.82, 2.24) is 9.13 Å². The lowest BCUT2D eigenvalue weighted by Crippen LogP contribution is -2.31. The van der Waals surface area contributed by atoms with Crippen molar-refractivity contribution >= 4 is 113 Å². The van der Waals surface area contributed by atoms with Crippen LogP contribution >= 0.6 is 63.7 Å². The number of hydrogen-bond acceptors (Lipinski definition) is 3. The number of ketones is 1. The zero-order valence-corrected chi connectivity index (χ0v) is 34.3. The third-order valence-corrected chi connectivity index (χ3v) is 10.6. The van der Waals surface area contributed by atoms with Gasteiger partial charge >= 0.3 is 0 Å². The number of Topliss-reactive ketones (excluding diaryl/α,β-unsaturated/α-hetero) is 1. The first kappa shape index (κ1) is 37.3. The fraction of sp³-hybridized carbons (Fsp3) is 0.119. The standard InChI is InChI=1S/C21H15Br2F2NO.C21H15Br2NO2/c22-14-6-8-19-17(10-14)18-11-15(23)7-9-20(18)26(19)12-21(24,25)13-27-16-4-2-1-3-5-16;22-14-6-8-20-18(10-14)19-11-15(23)7-9-21(19)24(20)12-16(25)13-26-17-4-2-1-3-5-17/h1-11H,12-13H2;1-11H,12-13H2. The lowest BCUT2D eigenvalue weighted by Gasteiger charge is -2.19. The van der Waals surface area contributed by atoms with Gasteiger partial charge in [-0.1, -0.05) is 100 Å². The molecule has 0 amide bonds. The van der Waals surface area contributed by atoms with E-state index in [0.717, 1.165) is 61.5 Å². The first-order valence-electron chi connectivity index (χ1n) is 16.5. The van der Waals surface area contributed by atoms with Gasteiger partial charge in [0.1, 0.15) is 18.1 Å². The number of rotatable bonds is 10. The molecule has 0 aliphatic rings. The molecule has 11 heteroatoms. The maximum atomic E-state index is 14.7. The van der Waals surface area contributed by atoms with E-state index in [0.29, 0.717) is 11.5 Å². The summed E-state index contributed by atoms with van der Waals surface area (Å²) in [6, 6.07) is 41.7. The molecule has 0 aliphatic heterocycles. The van der Waals surface area contributed by atoms with Crippen molar-refractivity contribution in [2.45, 2.75) is 19.0 Å². The minimum atomic E-state index is -3.02. The van der Waals surface area contributed by atoms with Crippen molar-refractivity contribution in [2.24, 2.45) is 0 Å². The number of benzene rings is 6. The van der Waals surface area contributed by atoms with Gasteiger partial charge < -0.3 is 18.6 Å². The lowest BCUT2D eigenvalue weighted by atomic mass is 10.2. The molecule has 8 aromatic rings. The van der Waals surface area contributed by atoms with Crippen LogP contribution in [0.15, 0.2) is 151 Å². The number of aromatic nitrogens is 2. The molecular formula is C42H30Br4F2N2O3. The molecule has 0 spiro atoms. The van der Waals surface area contributed by atoms with E-state index in [-0.39, 0.29) is 18.9 Å². The number of carbonyl (C=O) groups is 1. The van der Waals surface area contributed by atoms with Gasteiger partial charge in [0.15, 0.2) is 12.4 Å². The Morgan fingerprint density at radius 2 is 0.906 bits per heavy atom. The minimum absolute atomic E-state index is 0.0264. The highest BCUT2D eigenvalue weighted by Gasteiger charge is 2.32. The summed E-state index contributed by atoms with van der Waals surface area (Å²) in [5.74, 6) is -1.85. The first-order chi connectivity index (χ1) is 25.5. The summed E-state index contributed by atoms with van der Waals surface area (Å²) < 4.78 is 47.9. The molecule has 0 radical (unpaired) electrons. The van der Waals surface area contributed by atoms with Crippen molar-refractivity contribution in [3.8, 4) is 11.5 Å². The second-order valence-corrected chi connectivity index (χ2v) is 16.1. The van der Waals surface area contributed by atoms with Crippen LogP contribution in [0, 0.1) is 0 Å². The third kappa shape index (κ3) is 8.70. The van der Waals surface area contributed by atoms with Gasteiger partial charge in [-0.15, -0.1) is 0 Å². The highest BCUT2D eigenvalue weighted by atomic mass is 79.9. The van der Waals surface area contributed by atoms with E-state index in [1.54, 1.807) is 28.8 Å². The van der Waals surface area contributed by atoms with Crippen LogP contribution in [0.2, 0.25) is 0 Å². The molecule has 0 saturated heterocycles. The van der Waals surface area contributed by atoms with E-state index in [4.69, 9.17) is 9.47 Å². The van der Waals surface area contributed by atoms with Gasteiger partial charge in [-0.05, 0) is 97.1 Å². The number of fused-ring (bicyclic) bond motifs is 6. The first-order valence-corrected chi connectivity index (χ1v) is 19.7. The number of ether oxygens (including phenoxy) is 2. The van der Waals surface area contributed by atoms with Crippen LogP contribution in [0.25, 0.3) is 43.6 Å². The van der Waals surface area contributed by atoms with E-state index < -0.39 is 19.1 Å². The van der Waals surface area contributed by atoms with Crippen LogP contribution in [0.4, 0.5) is 8.78 Å². The molecule has 8 rings (SSSR count). The predicted octanol–water partition coefficient (Wildman–Crippen LogP) is 13.0. The van der Waals surface area contributed by atoms with E-state index >= 15 is 0 Å². The molecule has 2 heterocycles. The SMILES string of the molecule is FC(F)(COc1ccccc1)Cn1c2ccc(Br)cc2c2cc(Br)ccc21.O=C(COc1ccccc1)Cn1c2ccc(Br)cc2c2cc(Br)ccc21. The second kappa shape index (κ2) is 16.1. The molecule has 0 fully saturated rings. The summed E-state index contributed by atoms with van der Waals surface area (Å²) in [5, 5.41) is 4.10. The van der Waals surface area contributed by atoms with Gasteiger partial charge in [-0.2, -0.15) is 0 Å². The van der Waals surface area contributed by atoms with E-state index in [1.807, 2.05) is 97.1 Å². The molecule has 5 nitrogen and oxygen atoms in total. The van der Waals surface area contributed by atoms with E-state index in [9.17, 15) is 13.6 Å². The Bertz CT molecular complexity index is 2460. The summed E-state index contributed by atoms with van der Waals surface area (Å²) in [4.78, 5) is 12.5. The number of para-hydroxylation sites is 2. The molecule has 0 bridgehead atoms. The van der Waals surface area contributed by atoms with Gasteiger partial charge in [-0.25, -0.2) is 8.78 Å². The maximum absolute atomic E-state index is 14.7. The van der Waals surface area contributed by atoms with Crippen LogP contribution in [-0.4, -0.2) is 34.1 Å². The topological polar surface area (TPSA) is 45.4 Å². The Balaban J connectivity index is 0.000000164. The average molecular weight is 968 g/mol.